The lowest BCUT2D eigenvalue weighted by atomic mass is 9.75. The summed E-state index contributed by atoms with van der Waals surface area (Å²) in [5, 5.41) is 5.16. The molecule has 4 unspecified atom stereocenters. The van der Waals surface area contributed by atoms with Crippen LogP contribution in [0.1, 0.15) is 49.5 Å². The first kappa shape index (κ1) is 26.3. The molecular weight excluding hydrogens is 557 g/mol. The quantitative estimate of drug-likeness (QED) is 0.314. The van der Waals surface area contributed by atoms with E-state index in [0.717, 1.165) is 23.0 Å². The van der Waals surface area contributed by atoms with Crippen molar-refractivity contribution in [3.05, 3.63) is 72.6 Å². The third-order valence-corrected chi connectivity index (χ3v) is 12.1. The number of carbonyl (C=O) groups excluding carboxylic acids is 1. The van der Waals surface area contributed by atoms with Gasteiger partial charge in [0.25, 0.3) is 0 Å². The predicted molar refractivity (Wildman–Crippen MR) is 159 cm³/mol. The molecule has 38 heavy (non-hydrogen) atoms. The van der Waals surface area contributed by atoms with Crippen LogP contribution in [-0.2, 0) is 11.3 Å². The van der Waals surface area contributed by atoms with E-state index < -0.39 is 0 Å². The Balaban J connectivity index is 1.33. The van der Waals surface area contributed by atoms with Crippen LogP contribution in [-0.4, -0.2) is 28.8 Å². The summed E-state index contributed by atoms with van der Waals surface area (Å²) in [5.41, 5.74) is 3.09. The number of amides is 1. The Kier molecular flexibility index (Phi) is 7.31. The Morgan fingerprint density at radius 1 is 1.05 bits per heavy atom. The molecular formula is C29H31Cl2N3O2S2. The van der Waals surface area contributed by atoms with Crippen molar-refractivity contribution in [3.8, 4) is 0 Å². The summed E-state index contributed by atoms with van der Waals surface area (Å²) < 4.78 is 1.69. The molecule has 5 nitrogen and oxygen atoms in total. The number of carbonyl (C=O) groups is 1. The van der Waals surface area contributed by atoms with Gasteiger partial charge in [-0.3, -0.25) is 14.2 Å². The zero-order valence-electron chi connectivity index (χ0n) is 21.5. The van der Waals surface area contributed by atoms with Crippen LogP contribution in [0.15, 0.2) is 52.3 Å². The van der Waals surface area contributed by atoms with Crippen molar-refractivity contribution in [2.24, 2.45) is 17.8 Å². The highest BCUT2D eigenvalue weighted by atomic mass is 35.5. The number of nitrogens with zero attached hydrogens (tertiary/aromatic N) is 2. The van der Waals surface area contributed by atoms with Gasteiger partial charge in [0, 0.05) is 40.5 Å². The second kappa shape index (κ2) is 10.6. The summed E-state index contributed by atoms with van der Waals surface area (Å²) in [5.74, 6) is 1.90. The number of benzene rings is 2. The van der Waals surface area contributed by atoms with Gasteiger partial charge in [-0.25, -0.2) is 0 Å². The Bertz CT molecular complexity index is 1420. The van der Waals surface area contributed by atoms with Gasteiger partial charge in [-0.2, -0.15) is 0 Å². The Morgan fingerprint density at radius 2 is 1.79 bits per heavy atom. The number of thiazole rings is 1. The minimum atomic E-state index is -0.248. The fourth-order valence-electron chi connectivity index (χ4n) is 6.86. The molecule has 0 spiro atoms. The van der Waals surface area contributed by atoms with E-state index in [0.29, 0.717) is 38.7 Å². The van der Waals surface area contributed by atoms with Gasteiger partial charge < -0.3 is 10.2 Å². The maximum atomic E-state index is 13.3. The Hall–Kier alpha value is -1.93. The average Bonchev–Trinajstić information content (AvgIpc) is 3.61. The van der Waals surface area contributed by atoms with Gasteiger partial charge >= 0.3 is 4.87 Å². The summed E-state index contributed by atoms with van der Waals surface area (Å²) in [6.45, 7) is 6.29. The zero-order valence-corrected chi connectivity index (χ0v) is 24.6. The van der Waals surface area contributed by atoms with Crippen molar-refractivity contribution in [3.63, 3.8) is 0 Å². The monoisotopic (exact) mass is 587 g/mol. The van der Waals surface area contributed by atoms with Crippen LogP contribution in [0.5, 0.6) is 0 Å². The number of aromatic nitrogens is 1. The standard InChI is InChI=1S/C29H31Cl2N3O2S2/c1-3-33(4-2)20-10-7-16(8-11-20)24-25-17-5-6-18(13-17)26(25)37-28-27(24)38-29(36)34(28)15-23(35)32-19-9-12-21(30)22(31)14-19/h7-12,14,17-18,24-26H,3-6,13,15H2,1-2H3,(H,32,35)/t17?,18?,24-,25?,26?/m0/s1. The molecule has 3 aliphatic rings. The fraction of sp³-hybridized carbons (Fsp3) is 0.448. The minimum Gasteiger partial charge on any atom is -0.372 e. The second-order valence-electron chi connectivity index (χ2n) is 10.5. The Morgan fingerprint density at radius 3 is 2.50 bits per heavy atom. The molecule has 6 rings (SSSR count). The van der Waals surface area contributed by atoms with Crippen LogP contribution in [0, 0.1) is 17.8 Å². The van der Waals surface area contributed by atoms with Crippen molar-refractivity contribution >= 4 is 63.6 Å². The molecule has 0 radical (unpaired) electrons. The van der Waals surface area contributed by atoms with Crippen LogP contribution in [0.2, 0.25) is 10.0 Å². The molecule has 0 saturated heterocycles. The van der Waals surface area contributed by atoms with Crippen molar-refractivity contribution < 1.29 is 4.79 Å². The lowest BCUT2D eigenvalue weighted by Gasteiger charge is -2.40. The number of anilines is 2. The van der Waals surface area contributed by atoms with E-state index in [4.69, 9.17) is 23.2 Å². The number of hydrogen-bond acceptors (Lipinski definition) is 5. The van der Waals surface area contributed by atoms with Gasteiger partial charge in [0.1, 0.15) is 6.54 Å². The van der Waals surface area contributed by atoms with E-state index in [1.807, 2.05) is 11.8 Å². The number of thioether (sulfide) groups is 1. The highest BCUT2D eigenvalue weighted by Gasteiger charge is 2.55. The van der Waals surface area contributed by atoms with Gasteiger partial charge in [-0.05, 0) is 86.8 Å². The predicted octanol–water partition coefficient (Wildman–Crippen LogP) is 7.35. The van der Waals surface area contributed by atoms with Crippen LogP contribution in [0.25, 0.3) is 0 Å². The average molecular weight is 589 g/mol. The lowest BCUT2D eigenvalue weighted by molar-refractivity contribution is -0.116. The molecule has 2 heterocycles. The molecule has 2 bridgehead atoms. The van der Waals surface area contributed by atoms with E-state index >= 15 is 0 Å². The van der Waals surface area contributed by atoms with E-state index in [1.54, 1.807) is 22.8 Å². The molecule has 1 N–H and O–H groups in total. The fourth-order valence-corrected chi connectivity index (χ4v) is 10.3. The molecule has 2 aliphatic carbocycles. The minimum absolute atomic E-state index is 0.0169. The van der Waals surface area contributed by atoms with Gasteiger partial charge in [0.2, 0.25) is 5.91 Å². The molecule has 2 fully saturated rings. The number of nitrogens with one attached hydrogen (secondary N) is 1. The summed E-state index contributed by atoms with van der Waals surface area (Å²) >= 11 is 15.3. The molecule has 1 amide bonds. The number of rotatable bonds is 7. The smallest absolute Gasteiger partial charge is 0.308 e. The maximum Gasteiger partial charge on any atom is 0.308 e. The normalized spacial score (nSPS) is 25.2. The largest absolute Gasteiger partial charge is 0.372 e. The topological polar surface area (TPSA) is 54.3 Å². The zero-order chi connectivity index (χ0) is 26.6. The van der Waals surface area contributed by atoms with E-state index in [9.17, 15) is 9.59 Å². The van der Waals surface area contributed by atoms with Crippen LogP contribution in [0.4, 0.5) is 11.4 Å². The molecule has 5 atom stereocenters. The van der Waals surface area contributed by atoms with Crippen LogP contribution >= 0.6 is 46.3 Å². The van der Waals surface area contributed by atoms with Gasteiger partial charge in [-0.15, -0.1) is 11.8 Å². The first-order valence-electron chi connectivity index (χ1n) is 13.4. The first-order valence-corrected chi connectivity index (χ1v) is 15.8. The first-order chi connectivity index (χ1) is 18.4. The lowest BCUT2D eigenvalue weighted by Crippen LogP contribution is -2.35. The number of fused-ring (bicyclic) bond motifs is 6. The highest BCUT2D eigenvalue weighted by molar-refractivity contribution is 8.00. The second-order valence-corrected chi connectivity index (χ2v) is 13.5. The molecule has 2 aromatic carbocycles. The van der Waals surface area contributed by atoms with Gasteiger partial charge in [0.15, 0.2) is 0 Å². The summed E-state index contributed by atoms with van der Waals surface area (Å²) in [7, 11) is 0. The van der Waals surface area contributed by atoms with E-state index in [1.165, 1.54) is 41.9 Å². The van der Waals surface area contributed by atoms with Crippen LogP contribution < -0.4 is 15.1 Å². The molecule has 2 saturated carbocycles. The van der Waals surface area contributed by atoms with E-state index in [-0.39, 0.29) is 23.2 Å². The van der Waals surface area contributed by atoms with Crippen LogP contribution in [0.3, 0.4) is 0 Å². The van der Waals surface area contributed by atoms with Gasteiger partial charge in [0.05, 0.1) is 15.1 Å². The van der Waals surface area contributed by atoms with E-state index in [2.05, 4.69) is 48.3 Å². The van der Waals surface area contributed by atoms with Crippen molar-refractivity contribution in [1.29, 1.82) is 0 Å². The SMILES string of the molecule is CCN(CC)c1ccc([C@@H]2c3sc(=O)n(CC(=O)Nc4ccc(Cl)c(Cl)c4)c3SC3C4CCC(C4)C32)cc1. The number of halogens is 2. The molecule has 1 aliphatic heterocycles. The number of hydrogen-bond donors (Lipinski definition) is 1. The molecule has 1 aromatic heterocycles. The molecule has 200 valence electrons. The Labute approximate surface area is 241 Å². The van der Waals surface area contributed by atoms with Crippen molar-refractivity contribution in [2.75, 3.05) is 23.3 Å². The summed E-state index contributed by atoms with van der Waals surface area (Å²) in [6.07, 6.45) is 3.85. The van der Waals surface area contributed by atoms with Crippen molar-refractivity contribution in [1.82, 2.24) is 4.57 Å². The molecule has 9 heteroatoms. The summed E-state index contributed by atoms with van der Waals surface area (Å²) in [4.78, 5) is 29.8. The maximum absolute atomic E-state index is 13.3. The third-order valence-electron chi connectivity index (χ3n) is 8.58. The van der Waals surface area contributed by atoms with Crippen molar-refractivity contribution in [2.45, 2.75) is 55.8 Å². The summed E-state index contributed by atoms with van der Waals surface area (Å²) in [6, 6.07) is 14.0. The molecule has 3 aromatic rings. The van der Waals surface area contributed by atoms with Gasteiger partial charge in [-0.1, -0.05) is 46.7 Å². The highest BCUT2D eigenvalue weighted by Crippen LogP contribution is 2.64. The third kappa shape index (κ3) is 4.59.